The van der Waals surface area contributed by atoms with Gasteiger partial charge >= 0.3 is 0 Å². The second-order valence-corrected chi connectivity index (χ2v) is 8.23. The maximum atomic E-state index is 12.7. The molecule has 3 unspecified atom stereocenters. The number of nitrogens with one attached hydrogen (secondary N) is 2. The number of amides is 2. The zero-order valence-corrected chi connectivity index (χ0v) is 16.3. The number of benzene rings is 1. The Balaban J connectivity index is 1.49. The molecule has 2 aliphatic rings. The van der Waals surface area contributed by atoms with Crippen molar-refractivity contribution in [2.75, 3.05) is 6.61 Å². The Morgan fingerprint density at radius 1 is 1.22 bits per heavy atom. The number of nitrogens with two attached hydrogens (primary N) is 1. The largest absolute Gasteiger partial charge is 0.484 e. The minimum absolute atomic E-state index is 0.0267. The van der Waals surface area contributed by atoms with Gasteiger partial charge in [-0.15, -0.1) is 0 Å². The fourth-order valence-corrected chi connectivity index (χ4v) is 3.68. The molecule has 6 nitrogen and oxygen atoms in total. The average molecular weight is 373 g/mol. The zero-order chi connectivity index (χ0) is 19.4. The molecule has 0 aliphatic heterocycles. The number of ether oxygens (including phenoxy) is 1. The van der Waals surface area contributed by atoms with E-state index in [2.05, 4.69) is 10.6 Å². The van der Waals surface area contributed by atoms with Crippen LogP contribution in [0.1, 0.15) is 64.0 Å². The van der Waals surface area contributed by atoms with Gasteiger partial charge in [-0.25, -0.2) is 0 Å². The topological polar surface area (TPSA) is 93.5 Å². The van der Waals surface area contributed by atoms with Crippen molar-refractivity contribution < 1.29 is 14.3 Å². The molecule has 0 spiro atoms. The number of carbonyl (C=O) groups excluding carboxylic acids is 2. The summed E-state index contributed by atoms with van der Waals surface area (Å²) in [6, 6.07) is 7.73. The first kappa shape index (κ1) is 19.7. The molecule has 2 fully saturated rings. The highest BCUT2D eigenvalue weighted by Gasteiger charge is 2.38. The van der Waals surface area contributed by atoms with Gasteiger partial charge in [0.05, 0.1) is 12.0 Å². The van der Waals surface area contributed by atoms with Crippen molar-refractivity contribution in [1.29, 1.82) is 0 Å². The summed E-state index contributed by atoms with van der Waals surface area (Å²) in [6.07, 6.45) is 6.01. The van der Waals surface area contributed by atoms with E-state index < -0.39 is 5.54 Å². The van der Waals surface area contributed by atoms with Crippen molar-refractivity contribution in [1.82, 2.24) is 10.6 Å². The first-order valence-corrected chi connectivity index (χ1v) is 9.96. The molecule has 6 heteroatoms. The molecular weight excluding hydrogens is 342 g/mol. The van der Waals surface area contributed by atoms with Crippen LogP contribution in [0.2, 0.25) is 0 Å². The zero-order valence-electron chi connectivity index (χ0n) is 16.3. The Morgan fingerprint density at radius 2 is 1.93 bits per heavy atom. The molecule has 2 aliphatic carbocycles. The molecule has 0 aromatic heterocycles. The highest BCUT2D eigenvalue weighted by molar-refractivity contribution is 5.80. The molecule has 1 aromatic rings. The Kier molecular flexibility index (Phi) is 6.05. The van der Waals surface area contributed by atoms with Gasteiger partial charge in [0.1, 0.15) is 5.75 Å². The predicted molar refractivity (Wildman–Crippen MR) is 104 cm³/mol. The van der Waals surface area contributed by atoms with E-state index in [-0.39, 0.29) is 30.4 Å². The van der Waals surface area contributed by atoms with E-state index in [0.29, 0.717) is 11.8 Å². The predicted octanol–water partition coefficient (Wildman–Crippen LogP) is 2.43. The average Bonchev–Trinajstić information content (AvgIpc) is 3.43. The van der Waals surface area contributed by atoms with Gasteiger partial charge in [0, 0.05) is 11.6 Å². The van der Waals surface area contributed by atoms with E-state index in [1.54, 1.807) is 0 Å². The van der Waals surface area contributed by atoms with E-state index in [0.717, 1.165) is 44.1 Å². The van der Waals surface area contributed by atoms with Crippen LogP contribution in [0.15, 0.2) is 24.3 Å². The number of hydrogen-bond donors (Lipinski definition) is 3. The van der Waals surface area contributed by atoms with Gasteiger partial charge in [-0.3, -0.25) is 9.59 Å². The van der Waals surface area contributed by atoms with Crippen molar-refractivity contribution in [3.8, 4) is 5.75 Å². The van der Waals surface area contributed by atoms with Crippen molar-refractivity contribution in [3.63, 3.8) is 0 Å². The summed E-state index contributed by atoms with van der Waals surface area (Å²) in [5.41, 5.74) is 6.90. The van der Waals surface area contributed by atoms with Gasteiger partial charge in [-0.1, -0.05) is 25.0 Å². The van der Waals surface area contributed by atoms with Crippen LogP contribution in [0.3, 0.4) is 0 Å². The van der Waals surface area contributed by atoms with Gasteiger partial charge in [0.25, 0.3) is 5.91 Å². The summed E-state index contributed by atoms with van der Waals surface area (Å²) >= 11 is 0. The standard InChI is InChI=1S/C21H31N3O3/c1-14(23-20(26)18-5-3-4-12-21(18,2)22)15-6-10-17(11-7-15)27-13-19(25)24-16-8-9-16/h6-7,10-11,14,16,18H,3-5,8-9,12-13,22H2,1-2H3,(H,23,26)(H,24,25). The maximum absolute atomic E-state index is 12.7. The van der Waals surface area contributed by atoms with Crippen molar-refractivity contribution in [2.45, 2.75) is 70.0 Å². The molecule has 0 saturated heterocycles. The molecule has 0 heterocycles. The third-order valence-electron chi connectivity index (χ3n) is 5.62. The smallest absolute Gasteiger partial charge is 0.258 e. The minimum Gasteiger partial charge on any atom is -0.484 e. The Bertz CT molecular complexity index is 668. The lowest BCUT2D eigenvalue weighted by Gasteiger charge is -2.37. The summed E-state index contributed by atoms with van der Waals surface area (Å²) in [4.78, 5) is 24.3. The summed E-state index contributed by atoms with van der Waals surface area (Å²) < 4.78 is 5.52. The minimum atomic E-state index is -0.430. The summed E-state index contributed by atoms with van der Waals surface area (Å²) in [5.74, 6) is 0.454. The molecule has 2 saturated carbocycles. The molecular formula is C21H31N3O3. The Hall–Kier alpha value is -2.08. The van der Waals surface area contributed by atoms with Gasteiger partial charge < -0.3 is 21.1 Å². The van der Waals surface area contributed by atoms with Crippen molar-refractivity contribution in [2.24, 2.45) is 11.7 Å². The van der Waals surface area contributed by atoms with E-state index in [4.69, 9.17) is 10.5 Å². The molecule has 3 atom stereocenters. The molecule has 0 radical (unpaired) electrons. The molecule has 2 amide bonds. The summed E-state index contributed by atoms with van der Waals surface area (Å²) in [5, 5.41) is 5.99. The lowest BCUT2D eigenvalue weighted by atomic mass is 9.74. The highest BCUT2D eigenvalue weighted by Crippen LogP contribution is 2.32. The van der Waals surface area contributed by atoms with E-state index in [1.807, 2.05) is 38.1 Å². The van der Waals surface area contributed by atoms with E-state index >= 15 is 0 Å². The summed E-state index contributed by atoms with van der Waals surface area (Å²) in [7, 11) is 0. The second-order valence-electron chi connectivity index (χ2n) is 8.23. The fourth-order valence-electron chi connectivity index (χ4n) is 3.68. The van der Waals surface area contributed by atoms with Crippen LogP contribution in [0.4, 0.5) is 0 Å². The monoisotopic (exact) mass is 373 g/mol. The molecule has 27 heavy (non-hydrogen) atoms. The van der Waals surface area contributed by atoms with Crippen LogP contribution in [0, 0.1) is 5.92 Å². The molecule has 3 rings (SSSR count). The lowest BCUT2D eigenvalue weighted by Crippen LogP contribution is -2.53. The van der Waals surface area contributed by atoms with Gasteiger partial charge in [-0.2, -0.15) is 0 Å². The number of rotatable bonds is 7. The summed E-state index contributed by atoms with van der Waals surface area (Å²) in [6.45, 7) is 3.97. The third kappa shape index (κ3) is 5.45. The fraction of sp³-hybridized carbons (Fsp3) is 0.619. The third-order valence-corrected chi connectivity index (χ3v) is 5.62. The Morgan fingerprint density at radius 3 is 2.56 bits per heavy atom. The van der Waals surface area contributed by atoms with Gasteiger partial charge in [0.15, 0.2) is 6.61 Å². The van der Waals surface area contributed by atoms with Crippen LogP contribution in [0.5, 0.6) is 5.75 Å². The molecule has 0 bridgehead atoms. The van der Waals surface area contributed by atoms with Gasteiger partial charge in [0.2, 0.25) is 5.91 Å². The van der Waals surface area contributed by atoms with Crippen LogP contribution in [0.25, 0.3) is 0 Å². The Labute approximate surface area is 161 Å². The van der Waals surface area contributed by atoms with E-state index in [9.17, 15) is 9.59 Å². The highest BCUT2D eigenvalue weighted by atomic mass is 16.5. The van der Waals surface area contributed by atoms with E-state index in [1.165, 1.54) is 0 Å². The quantitative estimate of drug-likeness (QED) is 0.684. The van der Waals surface area contributed by atoms with Crippen LogP contribution in [-0.4, -0.2) is 30.0 Å². The first-order chi connectivity index (χ1) is 12.8. The van der Waals surface area contributed by atoms with Crippen LogP contribution in [-0.2, 0) is 9.59 Å². The second kappa shape index (κ2) is 8.30. The number of hydrogen-bond acceptors (Lipinski definition) is 4. The first-order valence-electron chi connectivity index (χ1n) is 9.96. The lowest BCUT2D eigenvalue weighted by molar-refractivity contribution is -0.128. The SMILES string of the molecule is CC(NC(=O)C1CCCCC1(C)N)c1ccc(OCC(=O)NC2CC2)cc1. The molecule has 4 N–H and O–H groups in total. The van der Waals surface area contributed by atoms with Gasteiger partial charge in [-0.05, 0) is 57.2 Å². The van der Waals surface area contributed by atoms with Crippen LogP contribution >= 0.6 is 0 Å². The number of carbonyl (C=O) groups is 2. The van der Waals surface area contributed by atoms with Crippen molar-refractivity contribution >= 4 is 11.8 Å². The normalized spacial score (nSPS) is 26.1. The molecule has 1 aromatic carbocycles. The molecule has 148 valence electrons. The van der Waals surface area contributed by atoms with Crippen molar-refractivity contribution in [3.05, 3.63) is 29.8 Å². The van der Waals surface area contributed by atoms with Crippen LogP contribution < -0.4 is 21.1 Å². The maximum Gasteiger partial charge on any atom is 0.258 e.